The van der Waals surface area contributed by atoms with Crippen LogP contribution in [0.15, 0.2) is 54.6 Å². The van der Waals surface area contributed by atoms with Crippen LogP contribution in [0.4, 0.5) is 0 Å². The van der Waals surface area contributed by atoms with Crippen molar-refractivity contribution in [3.05, 3.63) is 60.2 Å². The molecule has 0 radical (unpaired) electrons. The highest BCUT2D eigenvalue weighted by atomic mass is 16.6. The highest BCUT2D eigenvalue weighted by molar-refractivity contribution is 5.99. The second-order valence-corrected chi connectivity index (χ2v) is 10.8. The third-order valence-electron chi connectivity index (χ3n) is 8.60. The summed E-state index contributed by atoms with van der Waals surface area (Å²) >= 11 is 0. The zero-order valence-corrected chi connectivity index (χ0v) is 21.7. The molecule has 1 aromatic rings. The predicted octanol–water partition coefficient (Wildman–Crippen LogP) is 2.47. The number of carbonyl (C=O) groups excluding carboxylic acids is 3. The lowest BCUT2D eigenvalue weighted by atomic mass is 9.74. The fourth-order valence-electron chi connectivity index (χ4n) is 6.59. The lowest BCUT2D eigenvalue weighted by Crippen LogP contribution is -2.59. The summed E-state index contributed by atoms with van der Waals surface area (Å²) in [6.45, 7) is 6.41. The lowest BCUT2D eigenvalue weighted by molar-refractivity contribution is -0.162. The molecular formula is C29H36N2O6. The Bertz CT molecular complexity index is 1120. The molecule has 2 saturated heterocycles. The number of cyclic esters (lactones) is 1. The van der Waals surface area contributed by atoms with E-state index in [2.05, 4.69) is 0 Å². The first-order valence-corrected chi connectivity index (χ1v) is 13.3. The van der Waals surface area contributed by atoms with Gasteiger partial charge in [0.05, 0.1) is 30.8 Å². The molecule has 1 unspecified atom stereocenters. The van der Waals surface area contributed by atoms with E-state index in [9.17, 15) is 19.5 Å². The summed E-state index contributed by atoms with van der Waals surface area (Å²) in [5.74, 6) is -2.99. The Hall–Kier alpha value is -2.97. The fourth-order valence-corrected chi connectivity index (χ4v) is 6.59. The highest BCUT2D eigenvalue weighted by Gasteiger charge is 2.75. The SMILES string of the molecule is CC[C@H](C)[C@H](CO)N1C(=O)[C@@H]2[C@@H]3C(=O)OCCC=C[C@]3(C)O[C@@]23C=CCN(Cc2ccccc2)C(=O)C13. The Morgan fingerprint density at radius 3 is 2.54 bits per heavy atom. The minimum Gasteiger partial charge on any atom is -0.465 e. The van der Waals surface area contributed by atoms with Crippen LogP contribution < -0.4 is 0 Å². The van der Waals surface area contributed by atoms with Gasteiger partial charge < -0.3 is 24.4 Å². The summed E-state index contributed by atoms with van der Waals surface area (Å²) in [4.78, 5) is 45.3. The average Bonchev–Trinajstić information content (AvgIpc) is 3.21. The van der Waals surface area contributed by atoms with Gasteiger partial charge in [0, 0.05) is 13.1 Å². The molecule has 7 atom stereocenters. The largest absolute Gasteiger partial charge is 0.465 e. The molecule has 4 aliphatic rings. The van der Waals surface area contributed by atoms with Crippen LogP contribution in [0, 0.1) is 17.8 Å². The molecule has 1 N–H and O–H groups in total. The first-order chi connectivity index (χ1) is 17.8. The molecule has 4 aliphatic heterocycles. The Balaban J connectivity index is 1.64. The van der Waals surface area contributed by atoms with Crippen molar-refractivity contribution in [3.8, 4) is 0 Å². The third-order valence-corrected chi connectivity index (χ3v) is 8.60. The van der Waals surface area contributed by atoms with Crippen LogP contribution >= 0.6 is 0 Å². The fraction of sp³-hybridized carbons (Fsp3) is 0.552. The van der Waals surface area contributed by atoms with Crippen molar-refractivity contribution in [2.24, 2.45) is 17.8 Å². The van der Waals surface area contributed by atoms with Gasteiger partial charge >= 0.3 is 5.97 Å². The van der Waals surface area contributed by atoms with E-state index in [1.807, 2.05) is 68.5 Å². The zero-order valence-electron chi connectivity index (χ0n) is 21.7. The Morgan fingerprint density at radius 1 is 1.08 bits per heavy atom. The van der Waals surface area contributed by atoms with E-state index >= 15 is 0 Å². The van der Waals surface area contributed by atoms with E-state index in [0.29, 0.717) is 25.9 Å². The van der Waals surface area contributed by atoms with Crippen LogP contribution in [0.1, 0.15) is 39.2 Å². The minimum atomic E-state index is -1.35. The number of likely N-dealkylation sites (tertiary alicyclic amines) is 1. The van der Waals surface area contributed by atoms with Gasteiger partial charge in [0.1, 0.15) is 17.6 Å². The molecular weight excluding hydrogens is 472 g/mol. The molecule has 1 spiro atoms. The first kappa shape index (κ1) is 25.7. The summed E-state index contributed by atoms with van der Waals surface area (Å²) in [5, 5.41) is 10.5. The van der Waals surface area contributed by atoms with Crippen LogP contribution in [0.5, 0.6) is 0 Å². The quantitative estimate of drug-likeness (QED) is 0.469. The molecule has 5 rings (SSSR count). The molecule has 37 heavy (non-hydrogen) atoms. The third kappa shape index (κ3) is 4.01. The van der Waals surface area contributed by atoms with Gasteiger partial charge in [-0.3, -0.25) is 14.4 Å². The van der Waals surface area contributed by atoms with Crippen molar-refractivity contribution in [3.63, 3.8) is 0 Å². The summed E-state index contributed by atoms with van der Waals surface area (Å²) in [7, 11) is 0. The maximum atomic E-state index is 14.4. The van der Waals surface area contributed by atoms with Gasteiger partial charge in [0.15, 0.2) is 0 Å². The Labute approximate surface area is 217 Å². The van der Waals surface area contributed by atoms with Crippen LogP contribution in [0.2, 0.25) is 0 Å². The van der Waals surface area contributed by atoms with Crippen LogP contribution in [-0.4, -0.2) is 75.7 Å². The van der Waals surface area contributed by atoms with Crippen molar-refractivity contribution >= 4 is 17.8 Å². The van der Waals surface area contributed by atoms with Gasteiger partial charge in [-0.05, 0) is 24.8 Å². The molecule has 8 nitrogen and oxygen atoms in total. The maximum absolute atomic E-state index is 14.4. The van der Waals surface area contributed by atoms with E-state index in [1.165, 1.54) is 4.90 Å². The topological polar surface area (TPSA) is 96.4 Å². The zero-order chi connectivity index (χ0) is 26.4. The smallest absolute Gasteiger partial charge is 0.313 e. The maximum Gasteiger partial charge on any atom is 0.313 e. The van der Waals surface area contributed by atoms with E-state index in [-0.39, 0.29) is 30.9 Å². The molecule has 0 aromatic heterocycles. The van der Waals surface area contributed by atoms with Gasteiger partial charge in [-0.1, -0.05) is 74.9 Å². The normalized spacial score (nSPS) is 34.7. The molecule has 2 amide bonds. The van der Waals surface area contributed by atoms with E-state index < -0.39 is 41.1 Å². The molecule has 0 saturated carbocycles. The van der Waals surface area contributed by atoms with Crippen molar-refractivity contribution in [2.45, 2.75) is 63.4 Å². The molecule has 8 heteroatoms. The van der Waals surface area contributed by atoms with Crippen LogP contribution in [0.25, 0.3) is 0 Å². The number of esters is 1. The average molecular weight is 509 g/mol. The van der Waals surface area contributed by atoms with Crippen molar-refractivity contribution in [1.29, 1.82) is 0 Å². The Morgan fingerprint density at radius 2 is 1.84 bits per heavy atom. The van der Waals surface area contributed by atoms with Gasteiger partial charge in [-0.2, -0.15) is 0 Å². The molecule has 4 heterocycles. The number of fused-ring (bicyclic) bond motifs is 2. The predicted molar refractivity (Wildman–Crippen MR) is 136 cm³/mol. The second kappa shape index (κ2) is 9.72. The van der Waals surface area contributed by atoms with Crippen molar-refractivity contribution in [1.82, 2.24) is 9.80 Å². The molecule has 0 bridgehead atoms. The van der Waals surface area contributed by atoms with Crippen molar-refractivity contribution < 1.29 is 29.0 Å². The standard InChI is InChI=1S/C29H36N2O6/c1-4-19(2)21(18-32)31-24-26(34)30(17-20-11-6-5-7-12-20)15-10-14-29(24)22(25(31)33)23-27(35)36-16-9-8-13-28(23,3)37-29/h5-8,10-14,19,21-24,32H,4,9,15-18H2,1-3H3/t19-,21-,22-,23+,24?,28-,29-/m0/s1. The van der Waals surface area contributed by atoms with Crippen molar-refractivity contribution in [2.75, 3.05) is 19.8 Å². The summed E-state index contributed by atoms with van der Waals surface area (Å²) < 4.78 is 12.3. The number of aliphatic hydroxyl groups excluding tert-OH is 1. The monoisotopic (exact) mass is 508 g/mol. The van der Waals surface area contributed by atoms with Gasteiger partial charge in [0.2, 0.25) is 11.8 Å². The lowest BCUT2D eigenvalue weighted by Gasteiger charge is -2.41. The summed E-state index contributed by atoms with van der Waals surface area (Å²) in [6.07, 6.45) is 8.73. The van der Waals surface area contributed by atoms with E-state index in [1.54, 1.807) is 11.8 Å². The summed E-state index contributed by atoms with van der Waals surface area (Å²) in [5.41, 5.74) is -1.49. The number of benzene rings is 1. The number of carbonyl (C=O) groups is 3. The summed E-state index contributed by atoms with van der Waals surface area (Å²) in [6, 6.07) is 8.10. The number of hydrogen-bond acceptors (Lipinski definition) is 6. The molecule has 0 aliphatic carbocycles. The van der Waals surface area contributed by atoms with E-state index in [4.69, 9.17) is 9.47 Å². The van der Waals surface area contributed by atoms with E-state index in [0.717, 1.165) is 5.56 Å². The Kier molecular flexibility index (Phi) is 6.75. The van der Waals surface area contributed by atoms with Gasteiger partial charge in [-0.15, -0.1) is 0 Å². The number of hydrogen-bond donors (Lipinski definition) is 1. The van der Waals surface area contributed by atoms with Gasteiger partial charge in [-0.25, -0.2) is 0 Å². The number of nitrogens with zero attached hydrogens (tertiary/aromatic N) is 2. The minimum absolute atomic E-state index is 0.0667. The highest BCUT2D eigenvalue weighted by Crippen LogP contribution is 2.57. The molecule has 1 aromatic carbocycles. The number of aliphatic hydroxyl groups is 1. The van der Waals surface area contributed by atoms with Crippen LogP contribution in [-0.2, 0) is 30.4 Å². The molecule has 2 fully saturated rings. The molecule has 198 valence electrons. The van der Waals surface area contributed by atoms with Crippen LogP contribution in [0.3, 0.4) is 0 Å². The second-order valence-electron chi connectivity index (χ2n) is 10.8. The first-order valence-electron chi connectivity index (χ1n) is 13.3. The number of amides is 2. The number of rotatable bonds is 6. The number of ether oxygens (including phenoxy) is 2. The van der Waals surface area contributed by atoms with Gasteiger partial charge in [0.25, 0.3) is 0 Å².